The Morgan fingerprint density at radius 1 is 1.37 bits per heavy atom. The summed E-state index contributed by atoms with van der Waals surface area (Å²) in [5, 5.41) is 9.66. The molecule has 0 saturated carbocycles. The molecular weight excluding hydrogens is 407 g/mol. The number of urea groups is 1. The van der Waals surface area contributed by atoms with E-state index in [2.05, 4.69) is 20.5 Å². The molecule has 0 aliphatic carbocycles. The summed E-state index contributed by atoms with van der Waals surface area (Å²) in [7, 11) is 0. The number of hydrogen-bond donors (Lipinski definition) is 2. The van der Waals surface area contributed by atoms with E-state index in [4.69, 9.17) is 27.9 Å². The molecule has 0 unspecified atom stereocenters. The Hall–Kier alpha value is -1.38. The molecule has 1 aliphatic rings. The van der Waals surface area contributed by atoms with Crippen molar-refractivity contribution in [3.8, 4) is 0 Å². The maximum atomic E-state index is 12.0. The zero-order valence-corrected chi connectivity index (χ0v) is 17.3. The molecule has 1 saturated heterocycles. The highest BCUT2D eigenvalue weighted by Gasteiger charge is 2.21. The van der Waals surface area contributed by atoms with Crippen molar-refractivity contribution in [3.63, 3.8) is 0 Å². The minimum atomic E-state index is -0.215. The third-order valence-electron chi connectivity index (χ3n) is 4.17. The van der Waals surface area contributed by atoms with Gasteiger partial charge in [-0.1, -0.05) is 29.3 Å². The summed E-state index contributed by atoms with van der Waals surface area (Å²) in [4.78, 5) is 18.6. The van der Waals surface area contributed by atoms with Crippen LogP contribution in [0.3, 0.4) is 0 Å². The first-order chi connectivity index (χ1) is 13.0. The average Bonchev–Trinajstić information content (AvgIpc) is 3.07. The number of aromatic nitrogens is 1. The van der Waals surface area contributed by atoms with Crippen LogP contribution >= 0.6 is 34.5 Å². The fourth-order valence-electron chi connectivity index (χ4n) is 2.85. The van der Waals surface area contributed by atoms with Crippen molar-refractivity contribution in [3.05, 3.63) is 49.9 Å². The molecule has 6 nitrogen and oxygen atoms in total. The average molecular weight is 429 g/mol. The molecule has 1 fully saturated rings. The van der Waals surface area contributed by atoms with Crippen molar-refractivity contribution in [1.82, 2.24) is 20.5 Å². The van der Waals surface area contributed by atoms with Crippen LogP contribution in [0.1, 0.15) is 16.3 Å². The highest BCUT2D eigenvalue weighted by Crippen LogP contribution is 2.23. The zero-order chi connectivity index (χ0) is 19.2. The third kappa shape index (κ3) is 6.33. The third-order valence-corrected chi connectivity index (χ3v) is 5.88. The number of carbonyl (C=O) groups excluding carboxylic acids is 1. The number of benzene rings is 1. The fraction of sp³-hybridized carbons (Fsp3) is 0.444. The number of halogens is 2. The van der Waals surface area contributed by atoms with Gasteiger partial charge in [-0.2, -0.15) is 0 Å². The summed E-state index contributed by atoms with van der Waals surface area (Å²) in [5.74, 6) is 0. The second kappa shape index (κ2) is 9.71. The normalized spacial score (nSPS) is 17.7. The number of ether oxygens (including phenoxy) is 1. The molecule has 1 aliphatic heterocycles. The highest BCUT2D eigenvalue weighted by atomic mass is 35.5. The van der Waals surface area contributed by atoms with Crippen molar-refractivity contribution < 1.29 is 9.53 Å². The Kier molecular flexibility index (Phi) is 7.32. The van der Waals surface area contributed by atoms with Crippen LogP contribution in [0.25, 0.3) is 0 Å². The van der Waals surface area contributed by atoms with E-state index in [0.717, 1.165) is 35.9 Å². The number of aryl methyl sites for hydroxylation is 1. The van der Waals surface area contributed by atoms with E-state index >= 15 is 0 Å². The minimum Gasteiger partial charge on any atom is -0.374 e. The van der Waals surface area contributed by atoms with Gasteiger partial charge in [0.25, 0.3) is 0 Å². The minimum absolute atomic E-state index is 0.0469. The summed E-state index contributed by atoms with van der Waals surface area (Å²) in [6, 6.07) is 5.46. The molecule has 3 rings (SSSR count). The molecule has 9 heteroatoms. The Labute approximate surface area is 172 Å². The lowest BCUT2D eigenvalue weighted by atomic mass is 10.2. The van der Waals surface area contributed by atoms with Crippen LogP contribution in [0.15, 0.2) is 23.6 Å². The van der Waals surface area contributed by atoms with E-state index in [9.17, 15) is 4.79 Å². The van der Waals surface area contributed by atoms with Crippen molar-refractivity contribution >= 4 is 40.6 Å². The Morgan fingerprint density at radius 3 is 2.96 bits per heavy atom. The summed E-state index contributed by atoms with van der Waals surface area (Å²) in [6.45, 7) is 5.81. The van der Waals surface area contributed by atoms with Gasteiger partial charge in [0.1, 0.15) is 5.01 Å². The van der Waals surface area contributed by atoms with Crippen LogP contribution in [0.2, 0.25) is 10.0 Å². The summed E-state index contributed by atoms with van der Waals surface area (Å²) in [5.41, 5.74) is 2.07. The molecule has 2 amide bonds. The number of nitrogens with one attached hydrogen (secondary N) is 2. The van der Waals surface area contributed by atoms with Gasteiger partial charge < -0.3 is 15.4 Å². The number of nitrogens with zero attached hydrogens (tertiary/aromatic N) is 2. The van der Waals surface area contributed by atoms with Gasteiger partial charge in [0, 0.05) is 37.3 Å². The summed E-state index contributed by atoms with van der Waals surface area (Å²) in [6.07, 6.45) is -0.0469. The Morgan fingerprint density at radius 2 is 2.22 bits per heavy atom. The summed E-state index contributed by atoms with van der Waals surface area (Å²) >= 11 is 13.6. The van der Waals surface area contributed by atoms with Crippen LogP contribution in [0.5, 0.6) is 0 Å². The van der Waals surface area contributed by atoms with Gasteiger partial charge in [-0.15, -0.1) is 11.3 Å². The number of amides is 2. The lowest BCUT2D eigenvalue weighted by Crippen LogP contribution is -2.48. The van der Waals surface area contributed by atoms with Crippen LogP contribution in [0, 0.1) is 6.92 Å². The molecule has 27 heavy (non-hydrogen) atoms. The number of thiazole rings is 1. The first kappa shape index (κ1) is 20.4. The monoisotopic (exact) mass is 428 g/mol. The van der Waals surface area contributed by atoms with Crippen LogP contribution in [0.4, 0.5) is 4.79 Å². The quantitative estimate of drug-likeness (QED) is 0.738. The van der Waals surface area contributed by atoms with Crippen LogP contribution in [-0.2, 0) is 17.8 Å². The second-order valence-electron chi connectivity index (χ2n) is 6.42. The SMILES string of the molecule is Cc1csc(CNC(=O)NC[C@H]2CN(Cc3ccc(Cl)c(Cl)c3)CCO2)n1. The molecule has 1 aromatic carbocycles. The smallest absolute Gasteiger partial charge is 0.315 e. The molecule has 1 atom stereocenters. The maximum absolute atomic E-state index is 12.0. The summed E-state index contributed by atoms with van der Waals surface area (Å²) < 4.78 is 5.76. The van der Waals surface area contributed by atoms with Gasteiger partial charge in [0.15, 0.2) is 0 Å². The van der Waals surface area contributed by atoms with E-state index in [1.165, 1.54) is 11.3 Å². The second-order valence-corrected chi connectivity index (χ2v) is 8.18. The van der Waals surface area contributed by atoms with Gasteiger partial charge in [0.2, 0.25) is 0 Å². The van der Waals surface area contributed by atoms with Crippen LogP contribution < -0.4 is 10.6 Å². The largest absolute Gasteiger partial charge is 0.374 e. The van der Waals surface area contributed by atoms with Gasteiger partial charge >= 0.3 is 6.03 Å². The molecule has 2 N–H and O–H groups in total. The number of morpholine rings is 1. The first-order valence-electron chi connectivity index (χ1n) is 8.70. The lowest BCUT2D eigenvalue weighted by molar-refractivity contribution is -0.0287. The maximum Gasteiger partial charge on any atom is 0.315 e. The van der Waals surface area contributed by atoms with Gasteiger partial charge in [-0.05, 0) is 24.6 Å². The Bertz CT molecular complexity index is 786. The van der Waals surface area contributed by atoms with Gasteiger partial charge in [-0.3, -0.25) is 4.90 Å². The van der Waals surface area contributed by atoms with Crippen molar-refractivity contribution in [1.29, 1.82) is 0 Å². The molecular formula is C18H22Cl2N4O2S. The van der Waals surface area contributed by atoms with E-state index in [-0.39, 0.29) is 12.1 Å². The van der Waals surface area contributed by atoms with Gasteiger partial charge in [-0.25, -0.2) is 9.78 Å². The van der Waals surface area contributed by atoms with E-state index < -0.39 is 0 Å². The molecule has 0 spiro atoms. The molecule has 146 valence electrons. The predicted molar refractivity (Wildman–Crippen MR) is 109 cm³/mol. The number of carbonyl (C=O) groups is 1. The Balaban J connectivity index is 1.41. The van der Waals surface area contributed by atoms with Crippen molar-refractivity contribution in [2.75, 3.05) is 26.2 Å². The van der Waals surface area contributed by atoms with E-state index in [1.54, 1.807) is 0 Å². The molecule has 0 radical (unpaired) electrons. The van der Waals surface area contributed by atoms with Crippen molar-refractivity contribution in [2.24, 2.45) is 0 Å². The fourth-order valence-corrected chi connectivity index (χ4v) is 3.88. The van der Waals surface area contributed by atoms with Crippen LogP contribution in [-0.4, -0.2) is 48.3 Å². The molecule has 2 aromatic rings. The standard InChI is InChI=1S/C18H22Cl2N4O2S/c1-12-11-27-17(23-12)8-22-18(25)21-7-14-10-24(4-5-26-14)9-13-2-3-15(19)16(20)6-13/h2-3,6,11,14H,4-5,7-10H2,1H3,(H2,21,22,25)/t14-/m0/s1. The highest BCUT2D eigenvalue weighted by molar-refractivity contribution is 7.09. The number of hydrogen-bond acceptors (Lipinski definition) is 5. The zero-order valence-electron chi connectivity index (χ0n) is 15.0. The molecule has 2 heterocycles. The number of rotatable bonds is 6. The topological polar surface area (TPSA) is 66.5 Å². The van der Waals surface area contributed by atoms with E-state index in [1.807, 2.05) is 30.5 Å². The first-order valence-corrected chi connectivity index (χ1v) is 10.3. The van der Waals surface area contributed by atoms with E-state index in [0.29, 0.717) is 29.7 Å². The molecule has 0 bridgehead atoms. The predicted octanol–water partition coefficient (Wildman–Crippen LogP) is 3.46. The van der Waals surface area contributed by atoms with Gasteiger partial charge in [0.05, 0.1) is 29.3 Å². The van der Waals surface area contributed by atoms with Crippen molar-refractivity contribution in [2.45, 2.75) is 26.1 Å². The molecule has 1 aromatic heterocycles. The lowest BCUT2D eigenvalue weighted by Gasteiger charge is -2.33.